The van der Waals surface area contributed by atoms with Crippen LogP contribution in [-0.4, -0.2) is 124 Å². The average molecular weight is 598 g/mol. The van der Waals surface area contributed by atoms with Gasteiger partial charge < -0.3 is 74.7 Å². The fourth-order valence-corrected chi connectivity index (χ4v) is 4.94. The maximum Gasteiger partial charge on any atom is 0.270 e. The van der Waals surface area contributed by atoms with Crippen molar-refractivity contribution in [3.05, 3.63) is 47.2 Å². The van der Waals surface area contributed by atoms with Gasteiger partial charge in [-0.05, 0) is 25.1 Å². The van der Waals surface area contributed by atoms with Crippen LogP contribution in [0.5, 0.6) is 28.7 Å². The van der Waals surface area contributed by atoms with Crippen molar-refractivity contribution in [2.24, 2.45) is 0 Å². The molecule has 0 aliphatic carbocycles. The lowest BCUT2D eigenvalue weighted by Crippen LogP contribution is -2.59. The molecular formula is C27H33O15+. The van der Waals surface area contributed by atoms with Gasteiger partial charge in [-0.3, -0.25) is 0 Å². The molecule has 3 aliphatic rings. The van der Waals surface area contributed by atoms with E-state index in [0.29, 0.717) is 0 Å². The van der Waals surface area contributed by atoms with E-state index in [4.69, 9.17) is 18.9 Å². The summed E-state index contributed by atoms with van der Waals surface area (Å²) in [6, 6.07) is 6.42. The van der Waals surface area contributed by atoms with E-state index >= 15 is 0 Å². The zero-order valence-corrected chi connectivity index (χ0v) is 22.1. The number of aliphatic hydroxyl groups excluding tert-OH is 7. The van der Waals surface area contributed by atoms with Gasteiger partial charge in [-0.25, -0.2) is 0 Å². The number of benzene rings is 2. The Morgan fingerprint density at radius 1 is 0.738 bits per heavy atom. The van der Waals surface area contributed by atoms with Crippen molar-refractivity contribution in [1.82, 2.24) is 0 Å². The lowest BCUT2D eigenvalue weighted by Gasteiger charge is -2.40. The highest BCUT2D eigenvalue weighted by molar-refractivity contribution is 5.69. The molecule has 0 amide bonds. The first-order valence-electron chi connectivity index (χ1n) is 13.0. The van der Waals surface area contributed by atoms with Gasteiger partial charge in [0, 0.05) is 12.1 Å². The van der Waals surface area contributed by atoms with E-state index < -0.39 is 85.6 Å². The summed E-state index contributed by atoms with van der Waals surface area (Å²) in [6.45, 7) is 0.791. The van der Waals surface area contributed by atoms with Crippen LogP contribution in [0.25, 0.3) is 6.08 Å². The second kappa shape index (κ2) is 11.7. The van der Waals surface area contributed by atoms with Gasteiger partial charge in [0.05, 0.1) is 24.3 Å². The van der Waals surface area contributed by atoms with Crippen LogP contribution in [0.2, 0.25) is 0 Å². The molecule has 0 spiro atoms. The summed E-state index contributed by atoms with van der Waals surface area (Å²) in [5.41, 5.74) is 0.407. The van der Waals surface area contributed by atoms with Crippen molar-refractivity contribution < 1.29 is 74.7 Å². The summed E-state index contributed by atoms with van der Waals surface area (Å²) in [5.74, 6) is -1.17. The molecule has 2 aromatic carbocycles. The molecule has 15 heteroatoms. The highest BCUT2D eigenvalue weighted by Crippen LogP contribution is 2.46. The van der Waals surface area contributed by atoms with Gasteiger partial charge in [0.2, 0.25) is 12.6 Å². The first kappa shape index (κ1) is 30.1. The summed E-state index contributed by atoms with van der Waals surface area (Å²) < 4.78 is 27.0. The molecule has 11 N–H and O–H groups in total. The van der Waals surface area contributed by atoms with Gasteiger partial charge in [-0.15, -0.1) is 0 Å². The quantitative estimate of drug-likeness (QED) is 0.130. The van der Waals surface area contributed by atoms with Crippen LogP contribution in [0, 0.1) is 0 Å². The second-order valence-electron chi connectivity index (χ2n) is 10.3. The third-order valence-electron chi connectivity index (χ3n) is 7.41. The third kappa shape index (κ3) is 5.54. The molecular weight excluding hydrogens is 564 g/mol. The number of rotatable bonds is 6. The molecule has 0 radical (unpaired) electrons. The molecule has 0 aromatic heterocycles. The van der Waals surface area contributed by atoms with Crippen molar-refractivity contribution >= 4 is 6.08 Å². The molecule has 230 valence electrons. The van der Waals surface area contributed by atoms with Crippen LogP contribution in [0.4, 0.5) is 0 Å². The average Bonchev–Trinajstić information content (AvgIpc) is 2.96. The normalized spacial score (nSPS) is 36.4. The van der Waals surface area contributed by atoms with Gasteiger partial charge >= 0.3 is 0 Å². The molecule has 11 atom stereocenters. The zero-order chi connectivity index (χ0) is 30.5. The minimum Gasteiger partial charge on any atom is -0.571 e. The highest BCUT2D eigenvalue weighted by Gasteiger charge is 2.47. The largest absolute Gasteiger partial charge is 0.571 e. The molecule has 3 aliphatic heterocycles. The molecule has 15 nitrogen and oxygen atoms in total. The fraction of sp³-hybridized carbons (Fsp3) is 0.481. The molecule has 3 heterocycles. The number of hydrogen-bond donors (Lipinski definition) is 10. The minimum atomic E-state index is -1.75. The Balaban J connectivity index is 1.49. The number of aliphatic hydroxyl groups is 8. The predicted molar refractivity (Wildman–Crippen MR) is 138 cm³/mol. The van der Waals surface area contributed by atoms with E-state index in [1.165, 1.54) is 43.3 Å². The number of fused-ring (bicyclic) bond motifs is 1. The van der Waals surface area contributed by atoms with Crippen LogP contribution in [0.15, 0.2) is 36.1 Å². The molecule has 5 rings (SSSR count). The SMILES string of the molecule is CC1OC(Oc2cc(O)c3c(c2)[OH+]C(c2ccc(O)c(O)c2)C(OC2OC(CO)C(O)C(O)C2O)=C3)C(O)C(O)C1O. The Labute approximate surface area is 238 Å². The topological polar surface area (TPSA) is 252 Å². The summed E-state index contributed by atoms with van der Waals surface area (Å²) in [4.78, 5) is 0. The van der Waals surface area contributed by atoms with Gasteiger partial charge in [0.25, 0.3) is 11.9 Å². The van der Waals surface area contributed by atoms with Crippen molar-refractivity contribution in [2.45, 2.75) is 74.4 Å². The predicted octanol–water partition coefficient (Wildman–Crippen LogP) is -1.84. The van der Waals surface area contributed by atoms with E-state index in [-0.39, 0.29) is 34.1 Å². The number of phenols is 3. The zero-order valence-electron chi connectivity index (χ0n) is 22.1. The Morgan fingerprint density at radius 3 is 2.07 bits per heavy atom. The van der Waals surface area contributed by atoms with Crippen molar-refractivity contribution in [3.63, 3.8) is 0 Å². The van der Waals surface area contributed by atoms with Crippen molar-refractivity contribution in [2.75, 3.05) is 6.61 Å². The summed E-state index contributed by atoms with van der Waals surface area (Å²) in [7, 11) is 0. The van der Waals surface area contributed by atoms with E-state index in [0.717, 1.165) is 0 Å². The molecule has 0 bridgehead atoms. The smallest absolute Gasteiger partial charge is 0.270 e. The Bertz CT molecular complexity index is 1310. The maximum atomic E-state index is 10.9. The van der Waals surface area contributed by atoms with E-state index in [9.17, 15) is 51.1 Å². The first-order valence-corrected chi connectivity index (χ1v) is 13.0. The lowest BCUT2D eigenvalue weighted by molar-refractivity contribution is -0.295. The molecule has 2 saturated heterocycles. The van der Waals surface area contributed by atoms with Gasteiger partial charge in [0.1, 0.15) is 59.8 Å². The molecule has 42 heavy (non-hydrogen) atoms. The summed E-state index contributed by atoms with van der Waals surface area (Å²) in [5, 5.41) is 101. The summed E-state index contributed by atoms with van der Waals surface area (Å²) >= 11 is 0. The molecule has 2 aromatic rings. The Morgan fingerprint density at radius 2 is 1.40 bits per heavy atom. The standard InChI is InChI=1S/C27H32O15/c1-9-19(32)21(34)23(36)26(38-9)39-11-5-14(30)12-7-17(41-27-24(37)22(35)20(33)18(8-28)42-27)25(40-16(12)6-11)10-2-3-13(29)15(31)4-10/h2-7,9,18-37H,8H2,1H3/p+1. The van der Waals surface area contributed by atoms with Gasteiger partial charge in [-0.1, -0.05) is 0 Å². The van der Waals surface area contributed by atoms with Crippen LogP contribution in [0.3, 0.4) is 0 Å². The van der Waals surface area contributed by atoms with E-state index in [2.05, 4.69) is 4.74 Å². The van der Waals surface area contributed by atoms with E-state index in [1.54, 1.807) is 0 Å². The Hall–Kier alpha value is -3.38. The maximum absolute atomic E-state index is 10.9. The third-order valence-corrected chi connectivity index (χ3v) is 7.41. The van der Waals surface area contributed by atoms with Crippen LogP contribution < -0.4 is 4.74 Å². The molecule has 0 saturated carbocycles. The Kier molecular flexibility index (Phi) is 8.39. The van der Waals surface area contributed by atoms with Crippen molar-refractivity contribution in [1.29, 1.82) is 0 Å². The van der Waals surface area contributed by atoms with Crippen molar-refractivity contribution in [3.8, 4) is 28.7 Å². The van der Waals surface area contributed by atoms with Crippen LogP contribution in [-0.2, 0) is 14.2 Å². The van der Waals surface area contributed by atoms with Gasteiger partial charge in [-0.2, -0.15) is 0 Å². The molecule has 11 unspecified atom stereocenters. The lowest BCUT2D eigenvalue weighted by atomic mass is 9.98. The number of hydrogen-bond acceptors (Lipinski definition) is 14. The van der Waals surface area contributed by atoms with Gasteiger partial charge in [0.15, 0.2) is 17.3 Å². The monoisotopic (exact) mass is 597 g/mol. The summed E-state index contributed by atoms with van der Waals surface area (Å²) in [6.07, 6.45) is -14.5. The van der Waals surface area contributed by atoms with Crippen LogP contribution >= 0.6 is 0 Å². The number of aromatic hydroxyl groups is 4. The molecule has 2 fully saturated rings. The first-order chi connectivity index (χ1) is 19.9. The van der Waals surface area contributed by atoms with Crippen LogP contribution in [0.1, 0.15) is 24.2 Å². The van der Waals surface area contributed by atoms with E-state index in [1.807, 2.05) is 0 Å². The second-order valence-corrected chi connectivity index (χ2v) is 10.3. The number of ether oxygens (including phenoxy) is 5. The fourth-order valence-electron chi connectivity index (χ4n) is 4.94. The number of phenolic OH excluding ortho intramolecular Hbond substituents is 3. The highest BCUT2D eigenvalue weighted by atomic mass is 16.7. The minimum absolute atomic E-state index is 0.0196.